The number of aryl methyl sites for hydroxylation is 2. The largest absolute Gasteiger partial charge is 0.507 e. The van der Waals surface area contributed by atoms with E-state index in [-0.39, 0.29) is 5.75 Å². The lowest BCUT2D eigenvalue weighted by Crippen LogP contribution is -2.04. The van der Waals surface area contributed by atoms with Crippen molar-refractivity contribution in [2.24, 2.45) is 5.10 Å². The Morgan fingerprint density at radius 3 is 2.43 bits per heavy atom. The molecule has 0 aliphatic heterocycles. The number of benzene rings is 1. The summed E-state index contributed by atoms with van der Waals surface area (Å²) in [6.45, 7) is 5.58. The zero-order valence-corrected chi connectivity index (χ0v) is 12.5. The van der Waals surface area contributed by atoms with Crippen LogP contribution in [0.2, 0.25) is 0 Å². The fourth-order valence-corrected chi connectivity index (χ4v) is 1.91. The number of hydrogen-bond acceptors (Lipinski definition) is 6. The Kier molecular flexibility index (Phi) is 4.37. The van der Waals surface area contributed by atoms with Crippen LogP contribution in [0.25, 0.3) is 0 Å². The van der Waals surface area contributed by atoms with Gasteiger partial charge in [-0.25, -0.2) is 15.4 Å². The predicted octanol–water partition coefficient (Wildman–Crippen LogP) is 2.64. The number of phenols is 1. The van der Waals surface area contributed by atoms with E-state index in [4.69, 9.17) is 4.74 Å². The number of anilines is 1. The third-order valence-electron chi connectivity index (χ3n) is 2.90. The number of nitrogens with zero attached hydrogens (tertiary/aromatic N) is 3. The van der Waals surface area contributed by atoms with Gasteiger partial charge in [-0.3, -0.25) is 0 Å². The van der Waals surface area contributed by atoms with Crippen molar-refractivity contribution in [1.82, 2.24) is 9.97 Å². The van der Waals surface area contributed by atoms with Gasteiger partial charge in [0.25, 0.3) is 0 Å². The molecule has 21 heavy (non-hydrogen) atoms. The van der Waals surface area contributed by atoms with E-state index in [1.807, 2.05) is 19.9 Å². The van der Waals surface area contributed by atoms with E-state index >= 15 is 0 Å². The van der Waals surface area contributed by atoms with Crippen molar-refractivity contribution in [1.29, 1.82) is 0 Å². The van der Waals surface area contributed by atoms with Gasteiger partial charge in [-0.05, 0) is 39.0 Å². The van der Waals surface area contributed by atoms with Gasteiger partial charge in [0, 0.05) is 23.0 Å². The van der Waals surface area contributed by atoms with Crippen LogP contribution in [0.15, 0.2) is 29.4 Å². The number of methoxy groups -OCH3 is 1. The molecule has 1 aromatic carbocycles. The van der Waals surface area contributed by atoms with Gasteiger partial charge in [0.2, 0.25) is 5.95 Å². The quantitative estimate of drug-likeness (QED) is 0.667. The zero-order valence-electron chi connectivity index (χ0n) is 12.5. The first-order chi connectivity index (χ1) is 9.99. The van der Waals surface area contributed by atoms with Crippen LogP contribution in [0.1, 0.15) is 23.9 Å². The molecule has 1 aromatic heterocycles. The van der Waals surface area contributed by atoms with Crippen LogP contribution in [0.5, 0.6) is 11.5 Å². The van der Waals surface area contributed by atoms with Crippen molar-refractivity contribution < 1.29 is 9.84 Å². The highest BCUT2D eigenvalue weighted by molar-refractivity contribution is 6.01. The molecular formula is C15H18N4O2. The van der Waals surface area contributed by atoms with E-state index in [0.29, 0.717) is 23.0 Å². The summed E-state index contributed by atoms with van der Waals surface area (Å²) in [5.41, 5.74) is 5.78. The lowest BCUT2D eigenvalue weighted by Gasteiger charge is -2.07. The molecule has 6 nitrogen and oxygen atoms in total. The molecule has 0 aliphatic carbocycles. The average molecular weight is 286 g/mol. The first-order valence-corrected chi connectivity index (χ1v) is 6.49. The Balaban J connectivity index is 2.21. The maximum absolute atomic E-state index is 9.96. The number of ether oxygens (including phenoxy) is 1. The lowest BCUT2D eigenvalue weighted by molar-refractivity contribution is 0.407. The third-order valence-corrected chi connectivity index (χ3v) is 2.90. The summed E-state index contributed by atoms with van der Waals surface area (Å²) in [5.74, 6) is 1.13. The Morgan fingerprint density at radius 2 is 1.86 bits per heavy atom. The van der Waals surface area contributed by atoms with Gasteiger partial charge in [0.15, 0.2) is 0 Å². The molecule has 0 saturated carbocycles. The van der Waals surface area contributed by atoms with Crippen molar-refractivity contribution in [3.05, 3.63) is 41.2 Å². The first kappa shape index (κ1) is 14.8. The molecule has 0 atom stereocenters. The summed E-state index contributed by atoms with van der Waals surface area (Å²) < 4.78 is 5.05. The molecule has 0 spiro atoms. The van der Waals surface area contributed by atoms with E-state index in [9.17, 15) is 5.11 Å². The van der Waals surface area contributed by atoms with E-state index in [1.165, 1.54) is 0 Å². The van der Waals surface area contributed by atoms with Crippen LogP contribution >= 0.6 is 0 Å². The second kappa shape index (κ2) is 6.21. The van der Waals surface area contributed by atoms with Crippen LogP contribution in [-0.4, -0.2) is 27.9 Å². The van der Waals surface area contributed by atoms with Crippen molar-refractivity contribution in [2.45, 2.75) is 20.8 Å². The number of phenolic OH excluding ortho intramolecular Hbond substituents is 1. The van der Waals surface area contributed by atoms with Crippen molar-refractivity contribution in [2.75, 3.05) is 12.5 Å². The maximum Gasteiger partial charge on any atom is 0.243 e. The van der Waals surface area contributed by atoms with Crippen LogP contribution in [0.3, 0.4) is 0 Å². The molecule has 2 rings (SSSR count). The molecule has 0 bridgehead atoms. The fourth-order valence-electron chi connectivity index (χ4n) is 1.91. The topological polar surface area (TPSA) is 79.6 Å². The molecule has 0 unspecified atom stereocenters. The molecule has 0 aliphatic rings. The minimum atomic E-state index is 0.110. The minimum absolute atomic E-state index is 0.110. The van der Waals surface area contributed by atoms with E-state index in [1.54, 1.807) is 32.2 Å². The molecule has 2 N–H and O–H groups in total. The molecule has 1 heterocycles. The van der Waals surface area contributed by atoms with E-state index in [2.05, 4.69) is 20.5 Å². The van der Waals surface area contributed by atoms with E-state index in [0.717, 1.165) is 11.4 Å². The third kappa shape index (κ3) is 3.68. The first-order valence-electron chi connectivity index (χ1n) is 6.49. The second-order valence-electron chi connectivity index (χ2n) is 4.67. The monoisotopic (exact) mass is 286 g/mol. The number of aromatic nitrogens is 2. The zero-order chi connectivity index (χ0) is 15.4. The van der Waals surface area contributed by atoms with Crippen LogP contribution in [0.4, 0.5) is 5.95 Å². The summed E-state index contributed by atoms with van der Waals surface area (Å²) in [6.07, 6.45) is 0. The summed E-state index contributed by atoms with van der Waals surface area (Å²) in [6, 6.07) is 6.94. The molecule has 0 radical (unpaired) electrons. The van der Waals surface area contributed by atoms with Gasteiger partial charge in [-0.2, -0.15) is 5.10 Å². The summed E-state index contributed by atoms with van der Waals surface area (Å²) in [4.78, 5) is 8.48. The van der Waals surface area contributed by atoms with Gasteiger partial charge < -0.3 is 9.84 Å². The molecule has 110 valence electrons. The van der Waals surface area contributed by atoms with Gasteiger partial charge in [0.1, 0.15) is 11.5 Å². The lowest BCUT2D eigenvalue weighted by atomic mass is 10.1. The molecule has 0 saturated heterocycles. The highest BCUT2D eigenvalue weighted by Gasteiger charge is 2.06. The summed E-state index contributed by atoms with van der Waals surface area (Å²) in [5, 5.41) is 14.2. The molecule has 0 amide bonds. The normalized spacial score (nSPS) is 11.3. The fraction of sp³-hybridized carbons (Fsp3) is 0.267. The predicted molar refractivity (Wildman–Crippen MR) is 82.0 cm³/mol. The molecule has 0 fully saturated rings. The highest BCUT2D eigenvalue weighted by atomic mass is 16.5. The maximum atomic E-state index is 9.96. The Morgan fingerprint density at radius 1 is 1.19 bits per heavy atom. The van der Waals surface area contributed by atoms with E-state index < -0.39 is 0 Å². The van der Waals surface area contributed by atoms with Gasteiger partial charge in [0.05, 0.1) is 12.8 Å². The Labute approximate surface area is 123 Å². The number of aromatic hydroxyl groups is 1. The molecule has 2 aromatic rings. The molecule has 6 heteroatoms. The number of rotatable bonds is 4. The van der Waals surface area contributed by atoms with Crippen LogP contribution in [-0.2, 0) is 0 Å². The van der Waals surface area contributed by atoms with Gasteiger partial charge >= 0.3 is 0 Å². The van der Waals surface area contributed by atoms with Crippen molar-refractivity contribution in [3.8, 4) is 11.5 Å². The minimum Gasteiger partial charge on any atom is -0.507 e. The van der Waals surface area contributed by atoms with Crippen molar-refractivity contribution >= 4 is 11.7 Å². The average Bonchev–Trinajstić information content (AvgIpc) is 2.43. The Bertz CT molecular complexity index is 663. The second-order valence-corrected chi connectivity index (χ2v) is 4.67. The van der Waals surface area contributed by atoms with Crippen LogP contribution in [0, 0.1) is 13.8 Å². The summed E-state index contributed by atoms with van der Waals surface area (Å²) >= 11 is 0. The number of hydrazone groups is 1. The standard InChI is InChI=1S/C15H18N4O2/c1-9-7-10(2)17-15(16-9)19-18-11(3)13-6-5-12(21-4)8-14(13)20/h5-8,20H,1-4H3,(H,16,17,19)/b18-11+. The number of hydrogen-bond donors (Lipinski definition) is 2. The van der Waals surface area contributed by atoms with Gasteiger partial charge in [-0.1, -0.05) is 0 Å². The highest BCUT2D eigenvalue weighted by Crippen LogP contribution is 2.24. The smallest absolute Gasteiger partial charge is 0.243 e. The number of nitrogens with one attached hydrogen (secondary N) is 1. The Hall–Kier alpha value is -2.63. The molecular weight excluding hydrogens is 268 g/mol. The van der Waals surface area contributed by atoms with Crippen molar-refractivity contribution in [3.63, 3.8) is 0 Å². The SMILES string of the molecule is COc1ccc(/C(C)=N/Nc2nc(C)cc(C)n2)c(O)c1. The van der Waals surface area contributed by atoms with Crippen LogP contribution < -0.4 is 10.2 Å². The summed E-state index contributed by atoms with van der Waals surface area (Å²) in [7, 11) is 1.55. The van der Waals surface area contributed by atoms with Gasteiger partial charge in [-0.15, -0.1) is 0 Å².